The van der Waals surface area contributed by atoms with Crippen molar-refractivity contribution in [3.8, 4) is 11.4 Å². The summed E-state index contributed by atoms with van der Waals surface area (Å²) in [6.45, 7) is 7.49. The van der Waals surface area contributed by atoms with Crippen molar-refractivity contribution in [1.29, 1.82) is 0 Å². The van der Waals surface area contributed by atoms with Crippen molar-refractivity contribution in [3.05, 3.63) is 50.9 Å². The maximum absolute atomic E-state index is 14.4. The molecule has 0 amide bonds. The first-order valence-electron chi connectivity index (χ1n) is 10.4. The van der Waals surface area contributed by atoms with Crippen LogP contribution in [-0.2, 0) is 13.2 Å². The van der Waals surface area contributed by atoms with Crippen molar-refractivity contribution in [2.45, 2.75) is 39.0 Å². The molecule has 30 heavy (non-hydrogen) atoms. The van der Waals surface area contributed by atoms with Crippen molar-refractivity contribution in [1.82, 2.24) is 29.1 Å². The minimum atomic E-state index is -0.252. The van der Waals surface area contributed by atoms with Gasteiger partial charge in [0, 0.05) is 44.1 Å². The number of halogens is 1. The number of nitrogens with zero attached hydrogens (tertiary/aromatic N) is 6. The Morgan fingerprint density at radius 1 is 1.13 bits per heavy atom. The molecule has 0 bridgehead atoms. The van der Waals surface area contributed by atoms with E-state index in [1.165, 1.54) is 6.07 Å². The van der Waals surface area contributed by atoms with E-state index in [1.54, 1.807) is 23.5 Å². The molecule has 3 heterocycles. The summed E-state index contributed by atoms with van der Waals surface area (Å²) in [7, 11) is 0. The summed E-state index contributed by atoms with van der Waals surface area (Å²) in [6.07, 6.45) is 2.16. The topological polar surface area (TPSA) is 42.1 Å². The zero-order valence-electron chi connectivity index (χ0n) is 17.0. The van der Waals surface area contributed by atoms with Crippen LogP contribution in [0.1, 0.15) is 29.6 Å². The van der Waals surface area contributed by atoms with Crippen LogP contribution < -0.4 is 0 Å². The number of piperazine rings is 1. The summed E-state index contributed by atoms with van der Waals surface area (Å²) in [5, 5.41) is 8.03. The lowest BCUT2D eigenvalue weighted by Gasteiger charge is -2.34. The molecule has 1 aliphatic heterocycles. The molecule has 0 N–H and O–H groups in total. The van der Waals surface area contributed by atoms with E-state index in [0.29, 0.717) is 28.9 Å². The van der Waals surface area contributed by atoms with Crippen LogP contribution in [-0.4, -0.2) is 55.3 Å². The minimum Gasteiger partial charge on any atom is -0.297 e. The summed E-state index contributed by atoms with van der Waals surface area (Å²) in [4.78, 5) is 9.39. The van der Waals surface area contributed by atoms with Gasteiger partial charge in [0.25, 0.3) is 0 Å². The molecule has 1 saturated carbocycles. The second kappa shape index (κ2) is 8.30. The Hall–Kier alpha value is -1.94. The van der Waals surface area contributed by atoms with Gasteiger partial charge in [-0.3, -0.25) is 14.4 Å². The van der Waals surface area contributed by atoms with Gasteiger partial charge in [0.2, 0.25) is 0 Å². The first-order chi connectivity index (χ1) is 14.6. The first-order valence-corrected chi connectivity index (χ1v) is 11.7. The molecule has 1 aromatic carbocycles. The molecule has 0 atom stereocenters. The first kappa shape index (κ1) is 20.0. The van der Waals surface area contributed by atoms with Crippen LogP contribution in [0.2, 0.25) is 0 Å². The average molecular weight is 445 g/mol. The van der Waals surface area contributed by atoms with Gasteiger partial charge in [-0.05, 0) is 44.1 Å². The molecular weight excluding hydrogens is 419 g/mol. The largest absolute Gasteiger partial charge is 0.297 e. The molecule has 0 radical (unpaired) electrons. The molecule has 1 aliphatic carbocycles. The summed E-state index contributed by atoms with van der Waals surface area (Å²) in [5.74, 6) is 0.399. The molecule has 2 fully saturated rings. The average Bonchev–Trinajstić information content (AvgIpc) is 3.42. The number of aromatic nitrogens is 4. The van der Waals surface area contributed by atoms with Crippen LogP contribution in [0.4, 0.5) is 4.39 Å². The molecule has 1 saturated heterocycles. The highest BCUT2D eigenvalue weighted by Gasteiger charge is 2.30. The monoisotopic (exact) mass is 444 g/mol. The maximum atomic E-state index is 14.4. The Morgan fingerprint density at radius 3 is 2.53 bits per heavy atom. The Balaban J connectivity index is 1.29. The van der Waals surface area contributed by atoms with E-state index < -0.39 is 0 Å². The fourth-order valence-electron chi connectivity index (χ4n) is 3.99. The third-order valence-electron chi connectivity index (χ3n) is 5.75. The van der Waals surface area contributed by atoms with Crippen LogP contribution >= 0.6 is 23.6 Å². The van der Waals surface area contributed by atoms with E-state index in [1.807, 2.05) is 17.7 Å². The molecule has 158 valence electrons. The molecule has 6 nitrogen and oxygen atoms in total. The Bertz CT molecular complexity index is 1090. The summed E-state index contributed by atoms with van der Waals surface area (Å²) >= 11 is 7.46. The zero-order valence-corrected chi connectivity index (χ0v) is 18.6. The standard InChI is InChI=1S/C21H25FN6S2/c1-15-23-16(13-30-15)12-25-8-10-26(11-9-25)14-27-21(29)28(17-6-7-17)20(24-27)18-4-2-3-5-19(18)22/h2-5,13,17H,6-12,14H2,1H3. The molecule has 0 spiro atoms. The number of thiazole rings is 1. The van der Waals surface area contributed by atoms with Crippen molar-refractivity contribution in [2.24, 2.45) is 0 Å². The fraction of sp³-hybridized carbons (Fsp3) is 0.476. The predicted octanol–water partition coefficient (Wildman–Crippen LogP) is 4.10. The lowest BCUT2D eigenvalue weighted by Crippen LogP contribution is -2.46. The third-order valence-corrected chi connectivity index (χ3v) is 6.98. The van der Waals surface area contributed by atoms with Gasteiger partial charge in [-0.25, -0.2) is 14.1 Å². The van der Waals surface area contributed by atoms with Crippen LogP contribution in [0.25, 0.3) is 11.4 Å². The van der Waals surface area contributed by atoms with E-state index in [4.69, 9.17) is 17.3 Å². The Morgan fingerprint density at radius 2 is 1.87 bits per heavy atom. The maximum Gasteiger partial charge on any atom is 0.199 e. The van der Waals surface area contributed by atoms with E-state index >= 15 is 0 Å². The number of benzene rings is 1. The molecule has 3 aromatic rings. The molecule has 5 rings (SSSR count). The Kier molecular flexibility index (Phi) is 5.53. The lowest BCUT2D eigenvalue weighted by molar-refractivity contribution is 0.0974. The van der Waals surface area contributed by atoms with Gasteiger partial charge in [-0.1, -0.05) is 12.1 Å². The molecule has 2 aliphatic rings. The van der Waals surface area contributed by atoms with Gasteiger partial charge in [0.15, 0.2) is 10.6 Å². The quantitative estimate of drug-likeness (QED) is 0.536. The van der Waals surface area contributed by atoms with Crippen LogP contribution in [0.15, 0.2) is 29.6 Å². The second-order valence-corrected chi connectivity index (χ2v) is 9.51. The molecule has 2 aromatic heterocycles. The predicted molar refractivity (Wildman–Crippen MR) is 118 cm³/mol. The Labute approximate surface area is 184 Å². The third kappa shape index (κ3) is 4.12. The van der Waals surface area contributed by atoms with Crippen molar-refractivity contribution in [2.75, 3.05) is 26.2 Å². The second-order valence-electron chi connectivity index (χ2n) is 8.08. The van der Waals surface area contributed by atoms with Gasteiger partial charge in [0.1, 0.15) is 5.82 Å². The highest BCUT2D eigenvalue weighted by atomic mass is 32.1. The zero-order chi connectivity index (χ0) is 20.7. The lowest BCUT2D eigenvalue weighted by atomic mass is 10.2. The van der Waals surface area contributed by atoms with E-state index in [2.05, 4.69) is 24.7 Å². The SMILES string of the molecule is Cc1nc(CN2CCN(Cn3nc(-c4ccccc4F)n(C4CC4)c3=S)CC2)cs1. The minimum absolute atomic E-state index is 0.252. The molecule has 0 unspecified atom stereocenters. The summed E-state index contributed by atoms with van der Waals surface area (Å²) in [5.41, 5.74) is 1.68. The van der Waals surface area contributed by atoms with Gasteiger partial charge in [-0.2, -0.15) is 5.10 Å². The van der Waals surface area contributed by atoms with Crippen molar-refractivity contribution in [3.63, 3.8) is 0 Å². The number of rotatable bonds is 6. The van der Waals surface area contributed by atoms with E-state index in [9.17, 15) is 4.39 Å². The highest BCUT2D eigenvalue weighted by Crippen LogP contribution is 2.39. The smallest absolute Gasteiger partial charge is 0.199 e. The van der Waals surface area contributed by atoms with Crippen LogP contribution in [0.3, 0.4) is 0 Å². The van der Waals surface area contributed by atoms with Gasteiger partial charge in [0.05, 0.1) is 22.9 Å². The van der Waals surface area contributed by atoms with E-state index in [-0.39, 0.29) is 5.82 Å². The van der Waals surface area contributed by atoms with E-state index in [0.717, 1.165) is 56.3 Å². The number of hydrogen-bond acceptors (Lipinski definition) is 6. The van der Waals surface area contributed by atoms with Crippen molar-refractivity contribution >= 4 is 23.6 Å². The summed E-state index contributed by atoms with van der Waals surface area (Å²) in [6, 6.07) is 7.17. The number of hydrogen-bond donors (Lipinski definition) is 0. The van der Waals surface area contributed by atoms with Crippen LogP contribution in [0, 0.1) is 17.5 Å². The van der Waals surface area contributed by atoms with Gasteiger partial charge in [-0.15, -0.1) is 11.3 Å². The number of aryl methyl sites for hydroxylation is 1. The highest BCUT2D eigenvalue weighted by molar-refractivity contribution is 7.71. The van der Waals surface area contributed by atoms with Gasteiger partial charge < -0.3 is 0 Å². The van der Waals surface area contributed by atoms with Crippen LogP contribution in [0.5, 0.6) is 0 Å². The molecular formula is C21H25FN6S2. The summed E-state index contributed by atoms with van der Waals surface area (Å²) < 4.78 is 19.1. The van der Waals surface area contributed by atoms with Gasteiger partial charge >= 0.3 is 0 Å². The fourth-order valence-corrected chi connectivity index (χ4v) is 4.93. The molecule has 9 heteroatoms. The van der Waals surface area contributed by atoms with Crippen molar-refractivity contribution < 1.29 is 4.39 Å². The normalized spacial score (nSPS) is 18.2.